The number of rotatable bonds is 4. The number of benzene rings is 1. The zero-order chi connectivity index (χ0) is 21.4. The third-order valence-electron chi connectivity index (χ3n) is 4.02. The second kappa shape index (κ2) is 7.11. The molecule has 12 heteroatoms. The molecule has 0 unspecified atom stereocenters. The van der Waals surface area contributed by atoms with Gasteiger partial charge >= 0.3 is 18.1 Å². The van der Waals surface area contributed by atoms with Crippen LogP contribution in [0.4, 0.5) is 26.7 Å². The highest BCUT2D eigenvalue weighted by Gasteiger charge is 2.58. The molecule has 0 saturated heterocycles. The quantitative estimate of drug-likeness (QED) is 0.391. The molecule has 3 N–H and O–H groups in total. The van der Waals surface area contributed by atoms with Gasteiger partial charge in [-0.2, -0.15) is 27.1 Å². The second-order valence-electron chi connectivity index (χ2n) is 6.02. The predicted octanol–water partition coefficient (Wildman–Crippen LogP) is 3.29. The van der Waals surface area contributed by atoms with E-state index in [-0.39, 0.29) is 16.6 Å². The Morgan fingerprint density at radius 3 is 2.55 bits per heavy atom. The SMILES string of the molecule is Cn1cncc1-c1cc(C=NNC(N)=O)c2ccc(C(F)(F)C(F)(F)F)cc2n1. The molecule has 2 aromatic heterocycles. The number of aromatic nitrogens is 3. The largest absolute Gasteiger partial charge is 0.458 e. The lowest BCUT2D eigenvalue weighted by Crippen LogP contribution is -2.33. The van der Waals surface area contributed by atoms with Crippen LogP contribution in [0.25, 0.3) is 22.3 Å². The maximum absolute atomic E-state index is 13.8. The number of hydrogen-bond donors (Lipinski definition) is 2. The van der Waals surface area contributed by atoms with Crippen molar-refractivity contribution in [3.63, 3.8) is 0 Å². The van der Waals surface area contributed by atoms with Gasteiger partial charge in [-0.1, -0.05) is 12.1 Å². The van der Waals surface area contributed by atoms with Crippen molar-refractivity contribution in [2.45, 2.75) is 12.1 Å². The molecule has 2 amide bonds. The van der Waals surface area contributed by atoms with Crippen molar-refractivity contribution in [3.8, 4) is 11.4 Å². The van der Waals surface area contributed by atoms with Gasteiger partial charge in [0.15, 0.2) is 0 Å². The van der Waals surface area contributed by atoms with E-state index in [1.807, 2.05) is 5.43 Å². The molecule has 1 aromatic carbocycles. The molecule has 0 fully saturated rings. The Morgan fingerprint density at radius 1 is 1.24 bits per heavy atom. The Hall–Kier alpha value is -3.57. The Bertz CT molecular complexity index is 1110. The number of aryl methyl sites for hydroxylation is 1. The molecule has 0 aliphatic heterocycles. The van der Waals surface area contributed by atoms with E-state index in [0.29, 0.717) is 23.4 Å². The maximum atomic E-state index is 13.8. The van der Waals surface area contributed by atoms with Gasteiger partial charge in [0.1, 0.15) is 0 Å². The van der Waals surface area contributed by atoms with Gasteiger partial charge in [-0.25, -0.2) is 20.2 Å². The number of urea groups is 1. The van der Waals surface area contributed by atoms with E-state index in [2.05, 4.69) is 15.1 Å². The van der Waals surface area contributed by atoms with Gasteiger partial charge in [-0.3, -0.25) is 0 Å². The van der Waals surface area contributed by atoms with Crippen LogP contribution in [0.3, 0.4) is 0 Å². The highest BCUT2D eigenvalue weighted by Crippen LogP contribution is 2.44. The summed E-state index contributed by atoms with van der Waals surface area (Å²) in [5.74, 6) is -5.05. The molecule has 0 atom stereocenters. The molecule has 3 rings (SSSR count). The Kier molecular flexibility index (Phi) is 4.95. The van der Waals surface area contributed by atoms with E-state index in [0.717, 1.165) is 6.07 Å². The van der Waals surface area contributed by atoms with Crippen LogP contribution in [0.5, 0.6) is 0 Å². The number of hydrazone groups is 1. The number of alkyl halides is 5. The van der Waals surface area contributed by atoms with Crippen LogP contribution >= 0.6 is 0 Å². The second-order valence-corrected chi connectivity index (χ2v) is 6.02. The minimum atomic E-state index is -5.75. The van der Waals surface area contributed by atoms with Crippen LogP contribution in [0.1, 0.15) is 11.1 Å². The van der Waals surface area contributed by atoms with Gasteiger partial charge in [-0.05, 0) is 12.1 Å². The average molecular weight is 412 g/mol. The van der Waals surface area contributed by atoms with Crippen molar-refractivity contribution in [1.82, 2.24) is 20.0 Å². The fourth-order valence-corrected chi connectivity index (χ4v) is 2.62. The van der Waals surface area contributed by atoms with Crippen molar-refractivity contribution in [1.29, 1.82) is 0 Å². The number of pyridine rings is 1. The molecule has 3 aromatic rings. The first-order valence-corrected chi connectivity index (χ1v) is 7.95. The molecule has 0 bridgehead atoms. The molecule has 152 valence electrons. The highest BCUT2D eigenvalue weighted by molar-refractivity contribution is 6.00. The molecule has 0 aliphatic rings. The van der Waals surface area contributed by atoms with Crippen LogP contribution in [0.15, 0.2) is 41.9 Å². The monoisotopic (exact) mass is 412 g/mol. The fourth-order valence-electron chi connectivity index (χ4n) is 2.62. The number of carbonyl (C=O) groups is 1. The zero-order valence-electron chi connectivity index (χ0n) is 14.7. The summed E-state index contributed by atoms with van der Waals surface area (Å²) in [4.78, 5) is 18.9. The van der Waals surface area contributed by atoms with E-state index in [1.165, 1.54) is 24.8 Å². The Balaban J connectivity index is 2.22. The maximum Gasteiger partial charge on any atom is 0.458 e. The summed E-state index contributed by atoms with van der Waals surface area (Å²) in [5, 5.41) is 3.86. The summed E-state index contributed by atoms with van der Waals surface area (Å²) in [6, 6.07) is 3.00. The van der Waals surface area contributed by atoms with Gasteiger partial charge in [-0.15, -0.1) is 0 Å². The lowest BCUT2D eigenvalue weighted by atomic mass is 10.0. The third kappa shape index (κ3) is 3.86. The number of carbonyl (C=O) groups excluding carboxylic acids is 1. The first-order chi connectivity index (χ1) is 13.5. The fraction of sp³-hybridized carbons (Fsp3) is 0.176. The lowest BCUT2D eigenvalue weighted by Gasteiger charge is -2.20. The average Bonchev–Trinajstić information content (AvgIpc) is 3.05. The topological polar surface area (TPSA) is 98.2 Å². The van der Waals surface area contributed by atoms with Crippen LogP contribution < -0.4 is 11.2 Å². The summed E-state index contributed by atoms with van der Waals surface area (Å²) >= 11 is 0. The molecule has 7 nitrogen and oxygen atoms in total. The summed E-state index contributed by atoms with van der Waals surface area (Å²) in [7, 11) is 1.66. The van der Waals surface area contributed by atoms with E-state index in [9.17, 15) is 26.7 Å². The number of primary amides is 1. The van der Waals surface area contributed by atoms with Crippen molar-refractivity contribution < 1.29 is 26.7 Å². The van der Waals surface area contributed by atoms with E-state index >= 15 is 0 Å². The van der Waals surface area contributed by atoms with Crippen LogP contribution in [0, 0.1) is 0 Å². The van der Waals surface area contributed by atoms with Crippen LogP contribution in [-0.4, -0.2) is 33.0 Å². The van der Waals surface area contributed by atoms with Crippen molar-refractivity contribution in [2.75, 3.05) is 0 Å². The Morgan fingerprint density at radius 2 is 1.97 bits per heavy atom. The Labute approximate surface area is 160 Å². The van der Waals surface area contributed by atoms with Crippen molar-refractivity contribution in [3.05, 3.63) is 47.9 Å². The van der Waals surface area contributed by atoms with E-state index in [4.69, 9.17) is 5.73 Å². The predicted molar refractivity (Wildman–Crippen MR) is 94.2 cm³/mol. The molecule has 29 heavy (non-hydrogen) atoms. The molecule has 0 radical (unpaired) electrons. The highest BCUT2D eigenvalue weighted by atomic mass is 19.4. The zero-order valence-corrected chi connectivity index (χ0v) is 14.7. The molecular weight excluding hydrogens is 399 g/mol. The van der Waals surface area contributed by atoms with Gasteiger partial charge in [0.25, 0.3) is 0 Å². The van der Waals surface area contributed by atoms with E-state index < -0.39 is 23.7 Å². The first kappa shape index (κ1) is 20.2. The summed E-state index contributed by atoms with van der Waals surface area (Å²) in [6.07, 6.45) is -1.66. The summed E-state index contributed by atoms with van der Waals surface area (Å²) < 4.78 is 67.3. The van der Waals surface area contributed by atoms with Crippen molar-refractivity contribution in [2.24, 2.45) is 17.9 Å². The third-order valence-corrected chi connectivity index (χ3v) is 4.02. The number of nitrogens with zero attached hydrogens (tertiary/aromatic N) is 4. The molecular formula is C17H13F5N6O. The lowest BCUT2D eigenvalue weighted by molar-refractivity contribution is -0.289. The summed E-state index contributed by atoms with van der Waals surface area (Å²) in [6.45, 7) is 0. The first-order valence-electron chi connectivity index (χ1n) is 7.95. The molecule has 0 spiro atoms. The number of nitrogens with two attached hydrogens (primary N) is 1. The van der Waals surface area contributed by atoms with Crippen molar-refractivity contribution >= 4 is 23.1 Å². The normalized spacial score (nSPS) is 12.6. The number of amides is 2. The minimum absolute atomic E-state index is 0.120. The van der Waals surface area contributed by atoms with Crippen LogP contribution in [0.2, 0.25) is 0 Å². The van der Waals surface area contributed by atoms with Gasteiger partial charge in [0, 0.05) is 23.6 Å². The minimum Gasteiger partial charge on any atom is -0.350 e. The standard InChI is InChI=1S/C17H13F5N6O/c1-28-8-24-7-14(28)13-4-9(6-25-27-15(23)29)11-3-2-10(5-12(11)26-13)16(18,19)17(20,21)22/h2-8H,1H3,(H3,23,27,29). The van der Waals surface area contributed by atoms with E-state index in [1.54, 1.807) is 11.6 Å². The number of imidazole rings is 1. The summed E-state index contributed by atoms with van der Waals surface area (Å²) in [5.41, 5.74) is 6.59. The molecule has 2 heterocycles. The number of nitrogens with one attached hydrogen (secondary N) is 1. The van der Waals surface area contributed by atoms with Crippen LogP contribution in [-0.2, 0) is 13.0 Å². The number of halogens is 5. The smallest absolute Gasteiger partial charge is 0.350 e. The van der Waals surface area contributed by atoms with Gasteiger partial charge in [0.05, 0.1) is 35.6 Å². The number of fused-ring (bicyclic) bond motifs is 1. The van der Waals surface area contributed by atoms with Gasteiger partial charge < -0.3 is 10.3 Å². The number of hydrogen-bond acceptors (Lipinski definition) is 4. The molecule has 0 aliphatic carbocycles. The van der Waals surface area contributed by atoms with Gasteiger partial charge in [0.2, 0.25) is 0 Å². The molecule has 0 saturated carbocycles.